The van der Waals surface area contributed by atoms with E-state index >= 15 is 0 Å². The summed E-state index contributed by atoms with van der Waals surface area (Å²) in [4.78, 5) is 18.3. The van der Waals surface area contributed by atoms with Gasteiger partial charge in [-0.25, -0.2) is 19.1 Å². The van der Waals surface area contributed by atoms with E-state index in [1.807, 2.05) is 40.0 Å². The van der Waals surface area contributed by atoms with E-state index in [2.05, 4.69) is 81.1 Å². The number of hydrogen-bond donors (Lipinski definition) is 2. The zero-order chi connectivity index (χ0) is 25.1. The van der Waals surface area contributed by atoms with Crippen LogP contribution in [0.4, 0.5) is 0 Å². The van der Waals surface area contributed by atoms with Crippen LogP contribution in [0.5, 0.6) is 0 Å². The Labute approximate surface area is 208 Å². The number of aromatic nitrogens is 9. The highest BCUT2D eigenvalue weighted by Gasteiger charge is 2.32. The first-order valence-corrected chi connectivity index (χ1v) is 12.2. The predicted octanol–water partition coefficient (Wildman–Crippen LogP) is 2.90. The third-order valence-corrected chi connectivity index (χ3v) is 6.74. The summed E-state index contributed by atoms with van der Waals surface area (Å²) in [5, 5.41) is 21.8. The monoisotopic (exact) mass is 486 g/mol. The molecule has 4 heterocycles. The first kappa shape index (κ1) is 23.5. The van der Waals surface area contributed by atoms with Crippen LogP contribution in [0.1, 0.15) is 50.9 Å². The van der Waals surface area contributed by atoms with Crippen LogP contribution in [0.2, 0.25) is 0 Å². The van der Waals surface area contributed by atoms with Gasteiger partial charge in [-0.1, -0.05) is 50.6 Å². The molecule has 11 nitrogen and oxygen atoms in total. The number of hydrogen-bond acceptors (Lipinski definition) is 7. The number of H-pyrrole nitrogens is 1. The van der Waals surface area contributed by atoms with Crippen LogP contribution < -0.4 is 11.0 Å². The van der Waals surface area contributed by atoms with Crippen molar-refractivity contribution in [1.29, 1.82) is 0 Å². The van der Waals surface area contributed by atoms with Gasteiger partial charge in [0.25, 0.3) is 0 Å². The van der Waals surface area contributed by atoms with E-state index < -0.39 is 5.41 Å². The summed E-state index contributed by atoms with van der Waals surface area (Å²) in [6.07, 6.45) is 14.0. The van der Waals surface area contributed by atoms with Crippen LogP contribution in [0.15, 0.2) is 66.1 Å². The zero-order valence-electron chi connectivity index (χ0n) is 20.7. The average molecular weight is 487 g/mol. The van der Waals surface area contributed by atoms with Crippen LogP contribution in [-0.4, -0.2) is 44.5 Å². The van der Waals surface area contributed by atoms with Crippen molar-refractivity contribution in [3.05, 3.63) is 83.1 Å². The Morgan fingerprint density at radius 1 is 1.17 bits per heavy atom. The third-order valence-electron chi connectivity index (χ3n) is 6.74. The maximum Gasteiger partial charge on any atom is 0.335 e. The smallest absolute Gasteiger partial charge is 0.335 e. The first-order valence-electron chi connectivity index (χ1n) is 12.2. The van der Waals surface area contributed by atoms with Gasteiger partial charge in [-0.05, 0) is 54.2 Å². The molecule has 1 aliphatic heterocycles. The molecule has 11 heteroatoms. The van der Waals surface area contributed by atoms with Gasteiger partial charge in [-0.2, -0.15) is 10.1 Å². The van der Waals surface area contributed by atoms with Crippen LogP contribution in [0, 0.1) is 0 Å². The summed E-state index contributed by atoms with van der Waals surface area (Å²) >= 11 is 0. The number of benzene rings is 1. The molecular formula is C25H30N10O. The van der Waals surface area contributed by atoms with Crippen molar-refractivity contribution in [2.75, 3.05) is 0 Å². The number of allylic oxidation sites excluding steroid dienone is 2. The van der Waals surface area contributed by atoms with Crippen molar-refractivity contribution in [2.24, 2.45) is 0 Å². The molecule has 3 aromatic heterocycles. The topological polar surface area (TPSA) is 124 Å². The molecule has 36 heavy (non-hydrogen) atoms. The molecule has 0 bridgehead atoms. The van der Waals surface area contributed by atoms with E-state index in [-0.39, 0.29) is 11.7 Å². The van der Waals surface area contributed by atoms with Crippen LogP contribution >= 0.6 is 0 Å². The van der Waals surface area contributed by atoms with E-state index in [1.165, 1.54) is 6.33 Å². The molecule has 1 atom stereocenters. The van der Waals surface area contributed by atoms with Crippen LogP contribution in [0.3, 0.4) is 0 Å². The highest BCUT2D eigenvalue weighted by Crippen LogP contribution is 2.33. The van der Waals surface area contributed by atoms with Crippen molar-refractivity contribution < 1.29 is 0 Å². The minimum Gasteiger partial charge on any atom is -0.368 e. The number of nitrogens with one attached hydrogen (secondary N) is 2. The number of aryl methyl sites for hydroxylation is 1. The Morgan fingerprint density at radius 3 is 2.72 bits per heavy atom. The molecule has 0 saturated heterocycles. The normalized spacial score (nSPS) is 15.2. The molecule has 4 aromatic rings. The number of dihydropyridines is 1. The highest BCUT2D eigenvalue weighted by molar-refractivity contribution is 5.57. The lowest BCUT2D eigenvalue weighted by Crippen LogP contribution is -2.36. The van der Waals surface area contributed by atoms with Gasteiger partial charge in [0.15, 0.2) is 5.82 Å². The molecule has 0 amide bonds. The van der Waals surface area contributed by atoms with Gasteiger partial charge in [0.2, 0.25) is 5.95 Å². The zero-order valence-corrected chi connectivity index (χ0v) is 20.7. The fourth-order valence-corrected chi connectivity index (χ4v) is 4.59. The molecule has 2 N–H and O–H groups in total. The molecule has 0 aliphatic carbocycles. The van der Waals surface area contributed by atoms with Crippen molar-refractivity contribution >= 4 is 0 Å². The molecule has 1 aliphatic rings. The van der Waals surface area contributed by atoms with Crippen molar-refractivity contribution in [3.63, 3.8) is 0 Å². The molecule has 5 rings (SSSR count). The standard InChI is InChI=1S/C25H30N10O/c1-4-7-21-15-33(23-27-17-28-35(23)18(3)5-2)24(36)34(21)16-25(10-12-26-13-11-25)20-9-6-8-19(14-20)22-29-31-32-30-22/h6,8-15,17-18,26H,4-5,7,16H2,1-3H3,(H,29,30,31,32). The lowest BCUT2D eigenvalue weighted by atomic mass is 9.78. The summed E-state index contributed by atoms with van der Waals surface area (Å²) in [6.45, 7) is 6.71. The third kappa shape index (κ3) is 4.16. The second-order valence-corrected chi connectivity index (χ2v) is 9.08. The van der Waals surface area contributed by atoms with E-state index in [1.54, 1.807) is 4.57 Å². The lowest BCUT2D eigenvalue weighted by molar-refractivity contribution is 0.462. The van der Waals surface area contributed by atoms with E-state index in [4.69, 9.17) is 0 Å². The fourth-order valence-electron chi connectivity index (χ4n) is 4.59. The summed E-state index contributed by atoms with van der Waals surface area (Å²) in [6, 6.07) is 8.19. The molecular weight excluding hydrogens is 456 g/mol. The molecule has 0 fully saturated rings. The van der Waals surface area contributed by atoms with Crippen molar-refractivity contribution in [2.45, 2.75) is 58.0 Å². The molecule has 1 aromatic carbocycles. The van der Waals surface area contributed by atoms with Crippen LogP contribution in [0.25, 0.3) is 17.3 Å². The second kappa shape index (κ2) is 9.76. The highest BCUT2D eigenvalue weighted by atomic mass is 16.2. The average Bonchev–Trinajstić information content (AvgIpc) is 3.67. The number of nitrogens with zero attached hydrogens (tertiary/aromatic N) is 8. The number of aromatic amines is 1. The summed E-state index contributed by atoms with van der Waals surface area (Å²) in [7, 11) is 0. The first-order chi connectivity index (χ1) is 17.6. The Balaban J connectivity index is 1.61. The number of tetrazole rings is 1. The van der Waals surface area contributed by atoms with Gasteiger partial charge in [0.05, 0.1) is 11.5 Å². The number of imidazole rings is 1. The molecule has 0 spiro atoms. The van der Waals surface area contributed by atoms with Gasteiger partial charge in [0, 0.05) is 24.0 Å². The Kier molecular flexibility index (Phi) is 6.36. The number of rotatable bonds is 9. The van der Waals surface area contributed by atoms with Gasteiger partial charge in [-0.3, -0.25) is 4.57 Å². The summed E-state index contributed by atoms with van der Waals surface area (Å²) in [5.41, 5.74) is 2.16. The van der Waals surface area contributed by atoms with Crippen molar-refractivity contribution in [1.82, 2.24) is 49.8 Å². The molecule has 186 valence electrons. The molecule has 1 unspecified atom stereocenters. The quantitative estimate of drug-likeness (QED) is 0.373. The summed E-state index contributed by atoms with van der Waals surface area (Å²) < 4.78 is 5.31. The predicted molar refractivity (Wildman–Crippen MR) is 135 cm³/mol. The van der Waals surface area contributed by atoms with Gasteiger partial charge < -0.3 is 5.32 Å². The minimum absolute atomic E-state index is 0.127. The Bertz CT molecular complexity index is 1430. The van der Waals surface area contributed by atoms with Crippen molar-refractivity contribution in [3.8, 4) is 17.3 Å². The van der Waals surface area contributed by atoms with E-state index in [0.717, 1.165) is 36.1 Å². The fraction of sp³-hybridized carbons (Fsp3) is 0.360. The lowest BCUT2D eigenvalue weighted by Gasteiger charge is -2.31. The van der Waals surface area contributed by atoms with Gasteiger partial charge in [-0.15, -0.1) is 5.10 Å². The molecule has 0 radical (unpaired) electrons. The maximum absolute atomic E-state index is 13.9. The minimum atomic E-state index is -0.558. The van der Waals surface area contributed by atoms with Crippen LogP contribution in [-0.2, 0) is 18.4 Å². The Morgan fingerprint density at radius 2 is 2.00 bits per heavy atom. The van der Waals surface area contributed by atoms with Gasteiger partial charge >= 0.3 is 5.69 Å². The van der Waals surface area contributed by atoms with E-state index in [9.17, 15) is 4.79 Å². The largest absolute Gasteiger partial charge is 0.368 e. The summed E-state index contributed by atoms with van der Waals surface area (Å²) in [5.74, 6) is 1.13. The van der Waals surface area contributed by atoms with Gasteiger partial charge in [0.1, 0.15) is 6.33 Å². The second-order valence-electron chi connectivity index (χ2n) is 9.08. The molecule has 0 saturated carbocycles. The Hall–Kier alpha value is -4.28. The van der Waals surface area contributed by atoms with E-state index in [0.29, 0.717) is 18.3 Å². The SMILES string of the molecule is CCCc1cn(-c2ncnn2C(C)CC)c(=O)n1CC1(c2cccc(-c3nnn[nH]3)c2)C=CNC=C1. The maximum atomic E-state index is 13.9.